The molecule has 1 saturated carbocycles. The van der Waals surface area contributed by atoms with E-state index in [-0.39, 0.29) is 49.1 Å². The van der Waals surface area contributed by atoms with Crippen LogP contribution in [0.1, 0.15) is 64.1 Å². The van der Waals surface area contributed by atoms with Crippen LogP contribution in [0.3, 0.4) is 0 Å². The molecule has 1 aliphatic carbocycles. The molecule has 0 unspecified atom stereocenters. The number of amides is 3. The van der Waals surface area contributed by atoms with Crippen molar-refractivity contribution in [2.45, 2.75) is 84.5 Å². The molecule has 9 nitrogen and oxygen atoms in total. The van der Waals surface area contributed by atoms with Gasteiger partial charge in [-0.25, -0.2) is 4.98 Å². The molecule has 2 aliphatic rings. The number of aryl methyl sites for hydroxylation is 1. The number of likely N-dealkylation sites (tertiary alicyclic amines) is 1. The van der Waals surface area contributed by atoms with Crippen molar-refractivity contribution in [2.24, 2.45) is 17.3 Å². The SMILES string of the molecule is Cc1ncsc1-c1ccc(CNC(=O)[C@@H]2C[C@@H](O)CN2C(=O)[C@@H](NC(=O)C2CCC(C=O)CC2)C(C)(C)C)cc1. The topological polar surface area (TPSA) is 129 Å². The first kappa shape index (κ1) is 29.9. The number of carbonyl (C=O) groups is 4. The number of benzene rings is 1. The summed E-state index contributed by atoms with van der Waals surface area (Å²) >= 11 is 1.58. The summed E-state index contributed by atoms with van der Waals surface area (Å²) in [6.07, 6.45) is 2.83. The Morgan fingerprint density at radius 2 is 1.80 bits per heavy atom. The lowest BCUT2D eigenvalue weighted by atomic mass is 9.81. The molecule has 216 valence electrons. The van der Waals surface area contributed by atoms with Gasteiger partial charge in [-0.2, -0.15) is 0 Å². The molecule has 40 heavy (non-hydrogen) atoms. The highest BCUT2D eigenvalue weighted by Gasteiger charge is 2.45. The lowest BCUT2D eigenvalue weighted by Crippen LogP contribution is -2.58. The highest BCUT2D eigenvalue weighted by atomic mass is 32.1. The van der Waals surface area contributed by atoms with Crippen molar-refractivity contribution < 1.29 is 24.3 Å². The third-order valence-corrected chi connectivity index (χ3v) is 9.01. The number of aliphatic hydroxyl groups is 1. The first-order chi connectivity index (χ1) is 19.0. The number of nitrogens with one attached hydrogen (secondary N) is 2. The van der Waals surface area contributed by atoms with Gasteiger partial charge in [0.05, 0.1) is 22.2 Å². The van der Waals surface area contributed by atoms with E-state index in [0.29, 0.717) is 25.7 Å². The molecule has 0 bridgehead atoms. The van der Waals surface area contributed by atoms with E-state index in [4.69, 9.17) is 0 Å². The Hall–Kier alpha value is -3.11. The van der Waals surface area contributed by atoms with Crippen molar-refractivity contribution in [1.82, 2.24) is 20.5 Å². The second-order valence-electron chi connectivity index (χ2n) is 12.1. The highest BCUT2D eigenvalue weighted by molar-refractivity contribution is 7.13. The summed E-state index contributed by atoms with van der Waals surface area (Å²) in [4.78, 5) is 58.1. The molecule has 2 fully saturated rings. The van der Waals surface area contributed by atoms with Crippen molar-refractivity contribution in [2.75, 3.05) is 6.54 Å². The van der Waals surface area contributed by atoms with Crippen molar-refractivity contribution in [3.63, 3.8) is 0 Å². The Morgan fingerprint density at radius 3 is 2.38 bits per heavy atom. The van der Waals surface area contributed by atoms with E-state index in [9.17, 15) is 24.3 Å². The van der Waals surface area contributed by atoms with Crippen molar-refractivity contribution in [3.8, 4) is 10.4 Å². The zero-order valence-electron chi connectivity index (χ0n) is 23.7. The molecule has 3 atom stereocenters. The van der Waals surface area contributed by atoms with Crippen LogP contribution in [0.4, 0.5) is 0 Å². The predicted octanol–water partition coefficient (Wildman–Crippen LogP) is 3.23. The minimum atomic E-state index is -0.855. The normalized spacial score (nSPS) is 23.9. The van der Waals surface area contributed by atoms with Crippen molar-refractivity contribution in [3.05, 3.63) is 41.0 Å². The molecule has 1 aromatic carbocycles. The summed E-state index contributed by atoms with van der Waals surface area (Å²) in [5.74, 6) is -1.16. The standard InChI is InChI=1S/C30H40N4O5S/c1-18-25(40-17-32-18)21-9-5-19(6-10-21)14-31-28(38)24-13-23(36)15-34(24)29(39)26(30(2,3)4)33-27(37)22-11-7-20(16-35)8-12-22/h5-6,9-10,16-17,20,22-24,26,36H,7-8,11-15H2,1-4H3,(H,31,38)(H,33,37)/t20?,22?,23-,24+,26-/m1/s1. The number of hydrogen-bond acceptors (Lipinski definition) is 7. The summed E-state index contributed by atoms with van der Waals surface area (Å²) in [7, 11) is 0. The van der Waals surface area contributed by atoms with Crippen LogP contribution >= 0.6 is 11.3 Å². The van der Waals surface area contributed by atoms with E-state index in [1.807, 2.05) is 57.5 Å². The van der Waals surface area contributed by atoms with Gasteiger partial charge < -0.3 is 25.4 Å². The van der Waals surface area contributed by atoms with Crippen LogP contribution in [0.2, 0.25) is 0 Å². The van der Waals surface area contributed by atoms with Gasteiger partial charge in [0.2, 0.25) is 17.7 Å². The summed E-state index contributed by atoms with van der Waals surface area (Å²) in [6, 6.07) is 6.22. The Labute approximate surface area is 239 Å². The van der Waals surface area contributed by atoms with Crippen molar-refractivity contribution in [1.29, 1.82) is 0 Å². The Balaban J connectivity index is 1.40. The Kier molecular flexibility index (Phi) is 9.41. The molecule has 4 rings (SSSR count). The number of rotatable bonds is 8. The molecular formula is C30H40N4O5S. The van der Waals surface area contributed by atoms with Crippen LogP contribution in [0.5, 0.6) is 0 Å². The quantitative estimate of drug-likeness (QED) is 0.420. The molecule has 2 heterocycles. The number of β-amino-alcohol motifs (C(OH)–C–C–N with tert-alkyl or cyclic N) is 1. The number of carbonyl (C=O) groups excluding carboxylic acids is 4. The van der Waals surface area contributed by atoms with Crippen LogP contribution in [0, 0.1) is 24.2 Å². The van der Waals surface area contributed by atoms with Gasteiger partial charge in [-0.05, 0) is 49.1 Å². The molecule has 0 radical (unpaired) electrons. The zero-order chi connectivity index (χ0) is 29.0. The molecule has 3 amide bonds. The average molecular weight is 569 g/mol. The lowest BCUT2D eigenvalue weighted by Gasteiger charge is -2.36. The number of hydrogen-bond donors (Lipinski definition) is 3. The van der Waals surface area contributed by atoms with Crippen molar-refractivity contribution >= 4 is 35.3 Å². The molecule has 3 N–H and O–H groups in total. The summed E-state index contributed by atoms with van der Waals surface area (Å²) in [6.45, 7) is 7.91. The fourth-order valence-corrected chi connectivity index (χ4v) is 6.37. The maximum Gasteiger partial charge on any atom is 0.246 e. The molecular weight excluding hydrogens is 528 g/mol. The minimum Gasteiger partial charge on any atom is -0.391 e. The van der Waals surface area contributed by atoms with E-state index < -0.39 is 23.6 Å². The van der Waals surface area contributed by atoms with Gasteiger partial charge in [-0.3, -0.25) is 14.4 Å². The first-order valence-corrected chi connectivity index (χ1v) is 14.9. The van der Waals surface area contributed by atoms with E-state index in [1.165, 1.54) is 4.90 Å². The molecule has 1 aromatic heterocycles. The van der Waals surface area contributed by atoms with Crippen LogP contribution in [-0.4, -0.2) is 63.7 Å². The third kappa shape index (κ3) is 6.96. The fraction of sp³-hybridized carbons (Fsp3) is 0.567. The minimum absolute atomic E-state index is 0.00474. The predicted molar refractivity (Wildman–Crippen MR) is 153 cm³/mol. The maximum absolute atomic E-state index is 13.8. The van der Waals surface area contributed by atoms with Gasteiger partial charge in [-0.1, -0.05) is 45.0 Å². The Morgan fingerprint density at radius 1 is 1.12 bits per heavy atom. The second kappa shape index (κ2) is 12.6. The summed E-state index contributed by atoms with van der Waals surface area (Å²) in [5, 5.41) is 16.3. The van der Waals surface area contributed by atoms with Gasteiger partial charge in [0.25, 0.3) is 0 Å². The van der Waals surface area contributed by atoms with E-state index in [0.717, 1.165) is 28.0 Å². The van der Waals surface area contributed by atoms with E-state index in [2.05, 4.69) is 15.6 Å². The first-order valence-electron chi connectivity index (χ1n) is 14.0. The maximum atomic E-state index is 13.8. The molecule has 10 heteroatoms. The van der Waals surface area contributed by atoms with Crippen LogP contribution in [-0.2, 0) is 25.7 Å². The van der Waals surface area contributed by atoms with Crippen LogP contribution in [0.15, 0.2) is 29.8 Å². The van der Waals surface area contributed by atoms with E-state index >= 15 is 0 Å². The van der Waals surface area contributed by atoms with Crippen LogP contribution < -0.4 is 10.6 Å². The summed E-state index contributed by atoms with van der Waals surface area (Å²) in [5.41, 5.74) is 4.17. The fourth-order valence-electron chi connectivity index (χ4n) is 5.56. The number of nitrogens with zero attached hydrogens (tertiary/aromatic N) is 2. The number of thiazole rings is 1. The second-order valence-corrected chi connectivity index (χ2v) is 13.0. The largest absolute Gasteiger partial charge is 0.391 e. The number of aromatic nitrogens is 1. The smallest absolute Gasteiger partial charge is 0.246 e. The average Bonchev–Trinajstić information content (AvgIpc) is 3.54. The van der Waals surface area contributed by atoms with E-state index in [1.54, 1.807) is 11.3 Å². The molecule has 1 aliphatic heterocycles. The van der Waals surface area contributed by atoms with Crippen LogP contribution in [0.25, 0.3) is 10.4 Å². The third-order valence-electron chi connectivity index (χ3n) is 8.03. The molecule has 1 saturated heterocycles. The van der Waals surface area contributed by atoms with Gasteiger partial charge >= 0.3 is 0 Å². The van der Waals surface area contributed by atoms with Gasteiger partial charge in [-0.15, -0.1) is 11.3 Å². The summed E-state index contributed by atoms with van der Waals surface area (Å²) < 4.78 is 0. The number of aldehydes is 1. The number of aliphatic hydroxyl groups excluding tert-OH is 1. The lowest BCUT2D eigenvalue weighted by molar-refractivity contribution is -0.144. The highest BCUT2D eigenvalue weighted by Crippen LogP contribution is 2.31. The van der Waals surface area contributed by atoms with Gasteiger partial charge in [0.15, 0.2) is 0 Å². The Bertz CT molecular complexity index is 1210. The monoisotopic (exact) mass is 568 g/mol. The zero-order valence-corrected chi connectivity index (χ0v) is 24.5. The van der Waals surface area contributed by atoms with Gasteiger partial charge in [0, 0.05) is 31.3 Å². The molecule has 0 spiro atoms. The molecule has 2 aromatic rings. The van der Waals surface area contributed by atoms with Gasteiger partial charge in [0.1, 0.15) is 18.4 Å².